The van der Waals surface area contributed by atoms with Crippen molar-refractivity contribution in [1.29, 1.82) is 0 Å². The summed E-state index contributed by atoms with van der Waals surface area (Å²) in [5.41, 5.74) is 0.448. The summed E-state index contributed by atoms with van der Waals surface area (Å²) in [6.07, 6.45) is 5.18. The van der Waals surface area contributed by atoms with Crippen molar-refractivity contribution in [2.24, 2.45) is 11.3 Å². The molecule has 0 amide bonds. The lowest BCUT2D eigenvalue weighted by Crippen LogP contribution is -2.47. The van der Waals surface area contributed by atoms with Crippen LogP contribution < -0.4 is 5.32 Å². The minimum absolute atomic E-state index is 0.0259. The van der Waals surface area contributed by atoms with Gasteiger partial charge in [0.2, 0.25) is 0 Å². The molecule has 0 aromatic carbocycles. The van der Waals surface area contributed by atoms with Crippen LogP contribution in [0.4, 0.5) is 0 Å². The Morgan fingerprint density at radius 2 is 1.76 bits per heavy atom. The van der Waals surface area contributed by atoms with E-state index in [1.54, 1.807) is 0 Å². The fourth-order valence-corrected chi connectivity index (χ4v) is 3.28. The molecule has 0 spiro atoms. The first-order chi connectivity index (χ1) is 9.79. The zero-order chi connectivity index (χ0) is 15.9. The molecule has 1 aliphatic carbocycles. The molecule has 21 heavy (non-hydrogen) atoms. The fourth-order valence-electron chi connectivity index (χ4n) is 3.28. The third-order valence-corrected chi connectivity index (χ3v) is 4.76. The summed E-state index contributed by atoms with van der Waals surface area (Å²) < 4.78 is 11.9. The lowest BCUT2D eigenvalue weighted by molar-refractivity contribution is -0.103. The third-order valence-electron chi connectivity index (χ3n) is 4.76. The zero-order valence-corrected chi connectivity index (χ0v) is 15.1. The van der Waals surface area contributed by atoms with Crippen LogP contribution in [0, 0.1) is 11.3 Å². The van der Waals surface area contributed by atoms with Gasteiger partial charge in [-0.05, 0) is 57.4 Å². The molecule has 0 aliphatic heterocycles. The van der Waals surface area contributed by atoms with Crippen LogP contribution in [0.2, 0.25) is 0 Å². The van der Waals surface area contributed by atoms with E-state index in [1.165, 1.54) is 25.7 Å². The Hall–Kier alpha value is -0.120. The summed E-state index contributed by atoms with van der Waals surface area (Å²) in [6.45, 7) is 16.8. The van der Waals surface area contributed by atoms with E-state index in [-0.39, 0.29) is 11.7 Å². The molecule has 0 bridgehead atoms. The molecule has 0 aromatic heterocycles. The highest BCUT2D eigenvalue weighted by molar-refractivity contribution is 4.92. The van der Waals surface area contributed by atoms with Crippen LogP contribution in [0.15, 0.2) is 0 Å². The second-order valence-electron chi connectivity index (χ2n) is 7.87. The van der Waals surface area contributed by atoms with Crippen molar-refractivity contribution in [3.8, 4) is 0 Å². The van der Waals surface area contributed by atoms with Gasteiger partial charge >= 0.3 is 0 Å². The van der Waals surface area contributed by atoms with E-state index in [1.807, 2.05) is 0 Å². The van der Waals surface area contributed by atoms with E-state index in [9.17, 15) is 0 Å². The molecule has 1 rings (SSSR count). The first kappa shape index (κ1) is 18.9. The summed E-state index contributed by atoms with van der Waals surface area (Å²) in [7, 11) is 0. The maximum absolute atomic E-state index is 6.30. The molecule has 0 saturated heterocycles. The number of nitrogens with one attached hydrogen (secondary N) is 1. The SMILES string of the molecule is CCNCC1(OCCOC(C)C)CCC(C(C)(C)C)CC1. The summed E-state index contributed by atoms with van der Waals surface area (Å²) >= 11 is 0. The quantitative estimate of drug-likeness (QED) is 0.687. The molecule has 1 N–H and O–H groups in total. The van der Waals surface area contributed by atoms with Crippen molar-refractivity contribution < 1.29 is 9.47 Å². The smallest absolute Gasteiger partial charge is 0.0807 e. The lowest BCUT2D eigenvalue weighted by Gasteiger charge is -2.44. The van der Waals surface area contributed by atoms with Crippen molar-refractivity contribution in [2.75, 3.05) is 26.3 Å². The van der Waals surface area contributed by atoms with E-state index in [4.69, 9.17) is 9.47 Å². The average molecular weight is 299 g/mol. The van der Waals surface area contributed by atoms with E-state index in [0.29, 0.717) is 18.6 Å². The minimum Gasteiger partial charge on any atom is -0.376 e. The highest BCUT2D eigenvalue weighted by Crippen LogP contribution is 2.42. The first-order valence-electron chi connectivity index (χ1n) is 8.75. The number of hydrogen-bond donors (Lipinski definition) is 1. The van der Waals surface area contributed by atoms with Crippen LogP contribution >= 0.6 is 0 Å². The maximum Gasteiger partial charge on any atom is 0.0807 e. The number of rotatable bonds is 8. The Kier molecular flexibility index (Phi) is 7.66. The molecule has 0 atom stereocenters. The van der Waals surface area contributed by atoms with Crippen LogP contribution in [0.25, 0.3) is 0 Å². The molecular weight excluding hydrogens is 262 g/mol. The topological polar surface area (TPSA) is 30.5 Å². The number of hydrogen-bond acceptors (Lipinski definition) is 3. The molecular formula is C18H37NO2. The molecule has 0 heterocycles. The van der Waals surface area contributed by atoms with Gasteiger partial charge in [-0.1, -0.05) is 27.7 Å². The van der Waals surface area contributed by atoms with Crippen molar-refractivity contribution in [3.63, 3.8) is 0 Å². The maximum atomic E-state index is 6.30. The normalized spacial score (nSPS) is 27.3. The van der Waals surface area contributed by atoms with Crippen molar-refractivity contribution in [2.45, 2.75) is 78.9 Å². The Morgan fingerprint density at radius 3 is 2.24 bits per heavy atom. The Morgan fingerprint density at radius 1 is 1.14 bits per heavy atom. The third kappa shape index (κ3) is 6.66. The van der Waals surface area contributed by atoms with Crippen LogP contribution in [0.1, 0.15) is 67.2 Å². The molecule has 3 heteroatoms. The van der Waals surface area contributed by atoms with Crippen LogP contribution in [-0.4, -0.2) is 38.0 Å². The van der Waals surface area contributed by atoms with Crippen molar-refractivity contribution in [3.05, 3.63) is 0 Å². The van der Waals surface area contributed by atoms with Gasteiger partial charge in [-0.2, -0.15) is 0 Å². The Balaban J connectivity index is 2.48. The first-order valence-corrected chi connectivity index (χ1v) is 8.75. The minimum atomic E-state index is 0.0259. The molecule has 1 fully saturated rings. The summed E-state index contributed by atoms with van der Waals surface area (Å²) in [5, 5.41) is 3.50. The Labute approximate surface area is 132 Å². The van der Waals surface area contributed by atoms with Gasteiger partial charge < -0.3 is 14.8 Å². The summed E-state index contributed by atoms with van der Waals surface area (Å²) in [6, 6.07) is 0. The van der Waals surface area contributed by atoms with Crippen LogP contribution in [-0.2, 0) is 9.47 Å². The van der Waals surface area contributed by atoms with Gasteiger partial charge in [-0.3, -0.25) is 0 Å². The van der Waals surface area contributed by atoms with E-state index in [0.717, 1.165) is 19.0 Å². The molecule has 1 saturated carbocycles. The standard InChI is InChI=1S/C18H37NO2/c1-7-19-14-18(21-13-12-20-15(2)3)10-8-16(9-11-18)17(4,5)6/h15-16,19H,7-14H2,1-6H3. The van der Waals surface area contributed by atoms with Gasteiger partial charge in [-0.25, -0.2) is 0 Å². The predicted octanol–water partition coefficient (Wildman–Crippen LogP) is 4.01. The fraction of sp³-hybridized carbons (Fsp3) is 1.00. The van der Waals surface area contributed by atoms with Crippen LogP contribution in [0.5, 0.6) is 0 Å². The molecule has 0 aromatic rings. The van der Waals surface area contributed by atoms with Gasteiger partial charge in [0.05, 0.1) is 24.9 Å². The van der Waals surface area contributed by atoms with Crippen LogP contribution in [0.3, 0.4) is 0 Å². The highest BCUT2D eigenvalue weighted by Gasteiger charge is 2.39. The van der Waals surface area contributed by atoms with E-state index >= 15 is 0 Å². The van der Waals surface area contributed by atoms with Gasteiger partial charge in [-0.15, -0.1) is 0 Å². The van der Waals surface area contributed by atoms with Crippen molar-refractivity contribution in [1.82, 2.24) is 5.32 Å². The van der Waals surface area contributed by atoms with Gasteiger partial charge in [0.1, 0.15) is 0 Å². The molecule has 0 unspecified atom stereocenters. The highest BCUT2D eigenvalue weighted by atomic mass is 16.5. The Bertz CT molecular complexity index is 275. The zero-order valence-electron chi connectivity index (χ0n) is 15.1. The number of ether oxygens (including phenoxy) is 2. The summed E-state index contributed by atoms with van der Waals surface area (Å²) in [4.78, 5) is 0. The second kappa shape index (κ2) is 8.50. The van der Waals surface area contributed by atoms with Crippen molar-refractivity contribution >= 4 is 0 Å². The van der Waals surface area contributed by atoms with Gasteiger partial charge in [0.25, 0.3) is 0 Å². The van der Waals surface area contributed by atoms with Gasteiger partial charge in [0, 0.05) is 6.54 Å². The molecule has 1 aliphatic rings. The molecule has 3 nitrogen and oxygen atoms in total. The van der Waals surface area contributed by atoms with E-state index < -0.39 is 0 Å². The lowest BCUT2D eigenvalue weighted by atomic mass is 9.68. The largest absolute Gasteiger partial charge is 0.376 e. The molecule has 0 radical (unpaired) electrons. The summed E-state index contributed by atoms with van der Waals surface area (Å²) in [5.74, 6) is 0.822. The second-order valence-corrected chi connectivity index (χ2v) is 7.87. The molecule has 126 valence electrons. The van der Waals surface area contributed by atoms with E-state index in [2.05, 4.69) is 46.9 Å². The predicted molar refractivity (Wildman–Crippen MR) is 89.7 cm³/mol. The van der Waals surface area contributed by atoms with Gasteiger partial charge in [0.15, 0.2) is 0 Å². The average Bonchev–Trinajstić information content (AvgIpc) is 2.41. The monoisotopic (exact) mass is 299 g/mol. The number of likely N-dealkylation sites (N-methyl/N-ethyl adjacent to an activating group) is 1.